The average Bonchev–Trinajstić information content (AvgIpc) is 3.78. The van der Waals surface area contributed by atoms with Gasteiger partial charge >= 0.3 is 0 Å². The predicted molar refractivity (Wildman–Crippen MR) is 177 cm³/mol. The van der Waals surface area contributed by atoms with E-state index in [0.29, 0.717) is 52.8 Å². The van der Waals surface area contributed by atoms with Crippen LogP contribution >= 0.6 is 0 Å². The van der Waals surface area contributed by atoms with Gasteiger partial charge in [-0.3, -0.25) is 9.80 Å². The van der Waals surface area contributed by atoms with Crippen molar-refractivity contribution in [2.24, 2.45) is 23.2 Å². The van der Waals surface area contributed by atoms with Gasteiger partial charge in [-0.1, -0.05) is 20.8 Å². The van der Waals surface area contributed by atoms with Gasteiger partial charge in [0.15, 0.2) is 5.82 Å². The average molecular weight is 643 g/mol. The van der Waals surface area contributed by atoms with Crippen molar-refractivity contribution in [3.63, 3.8) is 0 Å². The summed E-state index contributed by atoms with van der Waals surface area (Å²) in [4.78, 5) is 21.1. The second kappa shape index (κ2) is 12.3. The van der Waals surface area contributed by atoms with Crippen LogP contribution in [0.3, 0.4) is 0 Å². The Morgan fingerprint density at radius 3 is 2.62 bits per heavy atom. The van der Waals surface area contributed by atoms with Crippen LogP contribution in [0, 0.1) is 29.0 Å². The molecule has 11 heteroatoms. The quantitative estimate of drug-likeness (QED) is 0.337. The Bertz CT molecular complexity index is 1590. The molecule has 3 atom stereocenters. The number of halogens is 1. The number of hydrogen-bond donors (Lipinski definition) is 1. The normalized spacial score (nSPS) is 28.3. The number of piperidine rings is 1. The summed E-state index contributed by atoms with van der Waals surface area (Å²) in [6.45, 7) is 13.0. The second-order valence-electron chi connectivity index (χ2n) is 15.5. The van der Waals surface area contributed by atoms with E-state index >= 15 is 0 Å². The van der Waals surface area contributed by atoms with Crippen LogP contribution in [0.2, 0.25) is 0 Å². The summed E-state index contributed by atoms with van der Waals surface area (Å²) in [6.07, 6.45) is 11.4. The summed E-state index contributed by atoms with van der Waals surface area (Å²) in [5, 5.41) is 18.6. The number of rotatable bonds is 9. The number of aromatic nitrogens is 5. The largest absolute Gasteiger partial charge is 0.434 e. The number of likely N-dealkylation sites (tertiary alicyclic amines) is 2. The molecule has 1 spiro atoms. The minimum Gasteiger partial charge on any atom is -0.434 e. The van der Waals surface area contributed by atoms with Crippen LogP contribution < -0.4 is 9.64 Å². The van der Waals surface area contributed by atoms with Gasteiger partial charge in [0.2, 0.25) is 0 Å². The minimum atomic E-state index is -0.343. The van der Waals surface area contributed by atoms with Crippen LogP contribution in [0.5, 0.6) is 11.6 Å². The third-order valence-electron chi connectivity index (χ3n) is 11.7. The van der Waals surface area contributed by atoms with Crippen LogP contribution in [0.4, 0.5) is 10.2 Å². The van der Waals surface area contributed by atoms with E-state index in [0.717, 1.165) is 82.1 Å². The number of anilines is 1. The zero-order chi connectivity index (χ0) is 32.3. The van der Waals surface area contributed by atoms with E-state index < -0.39 is 0 Å². The standard InChI is InChI=1S/C36H47FN8O2/c1-22(2)33(25-12-27(13-25)43-10-8-30(46)23(3)16-43)45-18-36(19-45)9-11-44(17-36)34-35(42-41-21-40-34)47-31-7-6-26(37)14-28(31)29-15-38-20-39-32(29)24-4-5-24/h6-7,14-15,20-25,27,30,33,46H,4-5,8-13,16-19H2,1-3H3/t23?,25?,27?,30?,33-/m1/s1. The highest BCUT2D eigenvalue weighted by Gasteiger charge is 2.53. The molecule has 1 aromatic carbocycles. The lowest BCUT2D eigenvalue weighted by Crippen LogP contribution is -2.65. The topological polar surface area (TPSA) is 104 Å². The molecule has 8 rings (SSSR count). The van der Waals surface area contributed by atoms with Crippen molar-refractivity contribution in [2.45, 2.75) is 83.4 Å². The fraction of sp³-hybridized carbons (Fsp3) is 0.639. The second-order valence-corrected chi connectivity index (χ2v) is 15.5. The number of ether oxygens (including phenoxy) is 1. The molecule has 3 aromatic rings. The van der Waals surface area contributed by atoms with Gasteiger partial charge in [-0.15, -0.1) is 10.2 Å². The maximum atomic E-state index is 14.6. The summed E-state index contributed by atoms with van der Waals surface area (Å²) in [6, 6.07) is 5.83. The van der Waals surface area contributed by atoms with E-state index in [-0.39, 0.29) is 17.3 Å². The third-order valence-corrected chi connectivity index (χ3v) is 11.7. The van der Waals surface area contributed by atoms with Gasteiger partial charge in [0, 0.05) is 80.0 Å². The Morgan fingerprint density at radius 2 is 1.85 bits per heavy atom. The maximum absolute atomic E-state index is 14.6. The number of hydrogen-bond acceptors (Lipinski definition) is 10. The van der Waals surface area contributed by atoms with Crippen molar-refractivity contribution in [1.29, 1.82) is 0 Å². The van der Waals surface area contributed by atoms with E-state index in [1.807, 2.05) is 0 Å². The van der Waals surface area contributed by atoms with E-state index in [1.54, 1.807) is 18.6 Å². The monoisotopic (exact) mass is 642 g/mol. The highest BCUT2D eigenvalue weighted by Crippen LogP contribution is 2.49. The van der Waals surface area contributed by atoms with Gasteiger partial charge in [0.25, 0.3) is 5.88 Å². The SMILES string of the molecule is CC1CN(C2CC([C@@H](C(C)C)N3CC4(CCN(c5ncnnc5Oc5ccc(F)cc5-c5cncnc5C5CC5)C4)C3)C2)CCC1O. The van der Waals surface area contributed by atoms with Crippen molar-refractivity contribution >= 4 is 5.82 Å². The molecule has 250 valence electrons. The highest BCUT2D eigenvalue weighted by atomic mass is 19.1. The molecule has 0 radical (unpaired) electrons. The van der Waals surface area contributed by atoms with Gasteiger partial charge in [-0.25, -0.2) is 19.3 Å². The molecule has 2 aliphatic carbocycles. The van der Waals surface area contributed by atoms with Crippen molar-refractivity contribution in [3.8, 4) is 22.8 Å². The molecule has 5 aliphatic rings. The first-order chi connectivity index (χ1) is 22.8. The summed E-state index contributed by atoms with van der Waals surface area (Å²) in [7, 11) is 0. The molecule has 10 nitrogen and oxygen atoms in total. The van der Waals surface area contributed by atoms with Gasteiger partial charge < -0.3 is 14.7 Å². The zero-order valence-electron chi connectivity index (χ0n) is 27.8. The lowest BCUT2D eigenvalue weighted by Gasteiger charge is -2.58. The Labute approximate surface area is 276 Å². The molecule has 2 aromatic heterocycles. The molecule has 5 heterocycles. The summed E-state index contributed by atoms with van der Waals surface area (Å²) in [5.74, 6) is 3.26. The zero-order valence-corrected chi connectivity index (χ0v) is 27.8. The van der Waals surface area contributed by atoms with Crippen molar-refractivity contribution in [3.05, 3.63) is 48.6 Å². The van der Waals surface area contributed by atoms with Gasteiger partial charge in [-0.05, 0) is 74.5 Å². The fourth-order valence-electron chi connectivity index (χ4n) is 9.04. The lowest BCUT2D eigenvalue weighted by atomic mass is 9.67. The van der Waals surface area contributed by atoms with Crippen LogP contribution in [-0.2, 0) is 0 Å². The summed E-state index contributed by atoms with van der Waals surface area (Å²) >= 11 is 0. The molecule has 0 bridgehead atoms. The molecule has 3 aliphatic heterocycles. The lowest BCUT2D eigenvalue weighted by molar-refractivity contribution is -0.0879. The number of benzene rings is 1. The number of aliphatic hydroxyl groups excluding tert-OH is 1. The van der Waals surface area contributed by atoms with Crippen molar-refractivity contribution < 1.29 is 14.2 Å². The van der Waals surface area contributed by atoms with Crippen molar-refractivity contribution in [1.82, 2.24) is 34.9 Å². The molecule has 1 N–H and O–H groups in total. The molecule has 0 amide bonds. The first kappa shape index (κ1) is 31.0. The number of nitrogens with zero attached hydrogens (tertiary/aromatic N) is 8. The Morgan fingerprint density at radius 1 is 1.02 bits per heavy atom. The van der Waals surface area contributed by atoms with Crippen LogP contribution in [0.15, 0.2) is 37.1 Å². The summed E-state index contributed by atoms with van der Waals surface area (Å²) < 4.78 is 21.0. The molecule has 2 saturated carbocycles. The van der Waals surface area contributed by atoms with Gasteiger partial charge in [0.05, 0.1) is 11.8 Å². The van der Waals surface area contributed by atoms with E-state index in [4.69, 9.17) is 4.74 Å². The molecule has 47 heavy (non-hydrogen) atoms. The third kappa shape index (κ3) is 5.99. The first-order valence-corrected chi connectivity index (χ1v) is 17.6. The highest BCUT2D eigenvalue weighted by molar-refractivity contribution is 5.73. The van der Waals surface area contributed by atoms with Gasteiger partial charge in [0.1, 0.15) is 24.2 Å². The van der Waals surface area contributed by atoms with Gasteiger partial charge in [-0.2, -0.15) is 0 Å². The molecular weight excluding hydrogens is 595 g/mol. The number of aliphatic hydroxyl groups is 1. The van der Waals surface area contributed by atoms with Crippen LogP contribution in [0.1, 0.15) is 70.9 Å². The molecule has 3 saturated heterocycles. The molecule has 2 unspecified atom stereocenters. The predicted octanol–water partition coefficient (Wildman–Crippen LogP) is 5.16. The smallest absolute Gasteiger partial charge is 0.282 e. The fourth-order valence-corrected chi connectivity index (χ4v) is 9.04. The Kier molecular flexibility index (Phi) is 8.12. The van der Waals surface area contributed by atoms with E-state index in [1.165, 1.54) is 31.3 Å². The van der Waals surface area contributed by atoms with Crippen molar-refractivity contribution in [2.75, 3.05) is 44.2 Å². The maximum Gasteiger partial charge on any atom is 0.282 e. The molecule has 5 fully saturated rings. The van der Waals surface area contributed by atoms with Crippen LogP contribution in [0.25, 0.3) is 11.1 Å². The minimum absolute atomic E-state index is 0.139. The van der Waals surface area contributed by atoms with E-state index in [2.05, 4.69) is 60.6 Å². The van der Waals surface area contributed by atoms with Crippen LogP contribution in [-0.4, -0.2) is 97.5 Å². The first-order valence-electron chi connectivity index (χ1n) is 17.6. The van der Waals surface area contributed by atoms with E-state index in [9.17, 15) is 9.50 Å². The molecular formula is C36H47FN8O2. The Hall–Kier alpha value is -3.28. The Balaban J connectivity index is 0.938. The summed E-state index contributed by atoms with van der Waals surface area (Å²) in [5.41, 5.74) is 2.57.